The smallest absolute Gasteiger partial charge is 0.417 e. The van der Waals surface area contributed by atoms with Crippen molar-refractivity contribution in [2.45, 2.75) is 19.0 Å². The van der Waals surface area contributed by atoms with Gasteiger partial charge in [0.1, 0.15) is 29.7 Å². The van der Waals surface area contributed by atoms with Crippen LogP contribution in [-0.2, 0) is 6.18 Å². The van der Waals surface area contributed by atoms with Gasteiger partial charge >= 0.3 is 6.18 Å². The van der Waals surface area contributed by atoms with E-state index in [1.165, 1.54) is 43.4 Å². The summed E-state index contributed by atoms with van der Waals surface area (Å²) in [6.07, 6.45) is 3.18. The van der Waals surface area contributed by atoms with Gasteiger partial charge in [-0.1, -0.05) is 0 Å². The Morgan fingerprint density at radius 1 is 1.03 bits per heavy atom. The molecule has 2 N–H and O–H groups in total. The highest BCUT2D eigenvalue weighted by Gasteiger charge is 2.30. The number of pyridine rings is 3. The minimum Gasteiger partial charge on any atom is -0.490 e. The Morgan fingerprint density at radius 3 is 2.59 bits per heavy atom. The molecule has 1 fully saturated rings. The normalized spacial score (nSPS) is 14.1. The third-order valence-corrected chi connectivity index (χ3v) is 5.26. The molecule has 3 aromatic rings. The van der Waals surface area contributed by atoms with E-state index in [1.807, 2.05) is 0 Å². The van der Waals surface area contributed by atoms with E-state index < -0.39 is 17.6 Å². The number of carbonyl (C=O) groups excluding carboxylic acids is 1. The van der Waals surface area contributed by atoms with Gasteiger partial charge in [-0.05, 0) is 50.2 Å². The van der Waals surface area contributed by atoms with Gasteiger partial charge in [0.05, 0.1) is 11.8 Å². The van der Waals surface area contributed by atoms with E-state index in [-0.39, 0.29) is 17.2 Å². The second-order valence-electron chi connectivity index (χ2n) is 7.71. The van der Waals surface area contributed by atoms with E-state index >= 15 is 0 Å². The maximum absolute atomic E-state index is 12.8. The Labute approximate surface area is 194 Å². The molecule has 1 saturated heterocycles. The van der Waals surface area contributed by atoms with Crippen LogP contribution in [-0.4, -0.2) is 52.0 Å². The molecule has 8 nitrogen and oxygen atoms in total. The number of ether oxygens (including phenoxy) is 1. The van der Waals surface area contributed by atoms with Crippen LogP contribution in [0.3, 0.4) is 0 Å². The zero-order valence-corrected chi connectivity index (χ0v) is 18.2. The summed E-state index contributed by atoms with van der Waals surface area (Å²) in [6.45, 7) is 3.46. The van der Waals surface area contributed by atoms with Crippen LogP contribution in [0.15, 0.2) is 55.1 Å². The molecule has 4 heterocycles. The van der Waals surface area contributed by atoms with Crippen molar-refractivity contribution in [2.75, 3.05) is 36.9 Å². The number of hydrogen-bond acceptors (Lipinski definition) is 7. The molecule has 0 aliphatic carbocycles. The number of rotatable bonds is 8. The molecular formula is C23H23F3N6O2. The van der Waals surface area contributed by atoms with Crippen molar-refractivity contribution in [3.63, 3.8) is 0 Å². The summed E-state index contributed by atoms with van der Waals surface area (Å²) in [7, 11) is 0. The van der Waals surface area contributed by atoms with E-state index in [0.29, 0.717) is 18.0 Å². The van der Waals surface area contributed by atoms with Crippen molar-refractivity contribution in [1.29, 1.82) is 0 Å². The molecule has 0 spiro atoms. The van der Waals surface area contributed by atoms with Gasteiger partial charge in [0.15, 0.2) is 0 Å². The zero-order valence-electron chi connectivity index (χ0n) is 18.2. The molecule has 3 aromatic heterocycles. The molecule has 11 heteroatoms. The summed E-state index contributed by atoms with van der Waals surface area (Å²) in [5.74, 6) is 0.527. The predicted molar refractivity (Wildman–Crippen MR) is 120 cm³/mol. The summed E-state index contributed by atoms with van der Waals surface area (Å²) >= 11 is 0. The van der Waals surface area contributed by atoms with Gasteiger partial charge in [-0.2, -0.15) is 13.2 Å². The second-order valence-corrected chi connectivity index (χ2v) is 7.71. The van der Waals surface area contributed by atoms with Gasteiger partial charge in [-0.3, -0.25) is 14.7 Å². The molecule has 0 saturated carbocycles. The van der Waals surface area contributed by atoms with E-state index in [2.05, 4.69) is 30.5 Å². The molecule has 0 unspecified atom stereocenters. The number of alkyl halides is 3. The lowest BCUT2D eigenvalue weighted by Crippen LogP contribution is -2.25. The monoisotopic (exact) mass is 472 g/mol. The van der Waals surface area contributed by atoms with Crippen molar-refractivity contribution in [3.05, 3.63) is 66.2 Å². The van der Waals surface area contributed by atoms with Gasteiger partial charge in [-0.25, -0.2) is 9.97 Å². The number of aromatic nitrogens is 3. The quantitative estimate of drug-likeness (QED) is 0.503. The van der Waals surface area contributed by atoms with Gasteiger partial charge in [0, 0.05) is 36.8 Å². The van der Waals surface area contributed by atoms with Crippen molar-refractivity contribution < 1.29 is 22.7 Å². The standard InChI is InChI=1S/C23H23F3N6O2/c24-23(25,26)17-3-4-20(29-14-17)31-21-13-16(5-8-28-21)22(33)30-18-15-27-7-6-19(18)34-12-11-32-9-1-2-10-32/h3-8,13-15H,1-2,9-12H2,(H,30,33)(H,28,29,31). The zero-order chi connectivity index (χ0) is 24.0. The highest BCUT2D eigenvalue weighted by molar-refractivity contribution is 6.05. The SMILES string of the molecule is O=C(Nc1cnccc1OCCN1CCCC1)c1ccnc(Nc2ccc(C(F)(F)F)cn2)c1. The molecule has 4 rings (SSSR count). The largest absolute Gasteiger partial charge is 0.490 e. The van der Waals surface area contributed by atoms with Crippen molar-refractivity contribution in [2.24, 2.45) is 0 Å². The fourth-order valence-electron chi connectivity index (χ4n) is 3.49. The molecule has 34 heavy (non-hydrogen) atoms. The lowest BCUT2D eigenvalue weighted by molar-refractivity contribution is -0.137. The van der Waals surface area contributed by atoms with Crippen LogP contribution in [0.2, 0.25) is 0 Å². The maximum atomic E-state index is 12.8. The number of halogens is 3. The van der Waals surface area contributed by atoms with Crippen LogP contribution < -0.4 is 15.4 Å². The lowest BCUT2D eigenvalue weighted by Gasteiger charge is -2.16. The number of amides is 1. The average Bonchev–Trinajstić information content (AvgIpc) is 3.34. The van der Waals surface area contributed by atoms with E-state index in [4.69, 9.17) is 4.74 Å². The predicted octanol–water partition coefficient (Wildman–Crippen LogP) is 4.36. The van der Waals surface area contributed by atoms with Crippen molar-refractivity contribution in [1.82, 2.24) is 19.9 Å². The Hall–Kier alpha value is -3.73. The highest BCUT2D eigenvalue weighted by Crippen LogP contribution is 2.29. The first kappa shape index (κ1) is 23.4. The molecule has 0 atom stereocenters. The molecule has 0 radical (unpaired) electrons. The van der Waals surface area contributed by atoms with Crippen LogP contribution in [0.5, 0.6) is 5.75 Å². The number of carbonyl (C=O) groups is 1. The summed E-state index contributed by atoms with van der Waals surface area (Å²) in [4.78, 5) is 27.0. The fraction of sp³-hybridized carbons (Fsp3) is 0.304. The number of likely N-dealkylation sites (tertiary alicyclic amines) is 1. The average molecular weight is 472 g/mol. The van der Waals surface area contributed by atoms with E-state index in [1.54, 1.807) is 12.3 Å². The molecule has 1 aliphatic heterocycles. The maximum Gasteiger partial charge on any atom is 0.417 e. The summed E-state index contributed by atoms with van der Waals surface area (Å²) in [6, 6.07) is 6.79. The molecular weight excluding hydrogens is 449 g/mol. The minimum absolute atomic E-state index is 0.166. The first-order valence-corrected chi connectivity index (χ1v) is 10.8. The van der Waals surface area contributed by atoms with Gasteiger partial charge in [0.25, 0.3) is 5.91 Å². The fourth-order valence-corrected chi connectivity index (χ4v) is 3.49. The Kier molecular flexibility index (Phi) is 7.21. The molecule has 1 aliphatic rings. The first-order chi connectivity index (χ1) is 16.4. The third kappa shape index (κ3) is 6.19. The van der Waals surface area contributed by atoms with Crippen molar-refractivity contribution in [3.8, 4) is 5.75 Å². The van der Waals surface area contributed by atoms with Crippen molar-refractivity contribution >= 4 is 23.2 Å². The van der Waals surface area contributed by atoms with E-state index in [0.717, 1.165) is 31.9 Å². The highest BCUT2D eigenvalue weighted by atomic mass is 19.4. The van der Waals surface area contributed by atoms with E-state index in [9.17, 15) is 18.0 Å². The number of anilines is 3. The van der Waals surface area contributed by atoms with Gasteiger partial charge < -0.3 is 15.4 Å². The van der Waals surface area contributed by atoms with Crippen LogP contribution >= 0.6 is 0 Å². The number of hydrogen-bond donors (Lipinski definition) is 2. The van der Waals surface area contributed by atoms with Gasteiger partial charge in [0.2, 0.25) is 0 Å². The lowest BCUT2D eigenvalue weighted by atomic mass is 10.2. The Bertz CT molecular complexity index is 1120. The van der Waals surface area contributed by atoms with Crippen LogP contribution in [0.4, 0.5) is 30.5 Å². The summed E-state index contributed by atoms with van der Waals surface area (Å²) in [5, 5.41) is 5.58. The van der Waals surface area contributed by atoms with Crippen LogP contribution in [0.1, 0.15) is 28.8 Å². The molecule has 0 aromatic carbocycles. The molecule has 0 bridgehead atoms. The minimum atomic E-state index is -4.47. The molecule has 178 valence electrons. The number of nitrogens with one attached hydrogen (secondary N) is 2. The van der Waals surface area contributed by atoms with Crippen LogP contribution in [0.25, 0.3) is 0 Å². The molecule has 1 amide bonds. The first-order valence-electron chi connectivity index (χ1n) is 10.8. The number of nitrogens with zero attached hydrogens (tertiary/aromatic N) is 4. The second kappa shape index (κ2) is 10.5. The summed E-state index contributed by atoms with van der Waals surface area (Å²) < 4.78 is 44.0. The summed E-state index contributed by atoms with van der Waals surface area (Å²) in [5.41, 5.74) is -0.130. The topological polar surface area (TPSA) is 92.3 Å². The Morgan fingerprint density at radius 2 is 1.85 bits per heavy atom. The Balaban J connectivity index is 1.39. The third-order valence-electron chi connectivity index (χ3n) is 5.26. The van der Waals surface area contributed by atoms with Gasteiger partial charge in [-0.15, -0.1) is 0 Å². The van der Waals surface area contributed by atoms with Crippen LogP contribution in [0, 0.1) is 0 Å².